The van der Waals surface area contributed by atoms with Crippen molar-refractivity contribution >= 4 is 29.0 Å². The number of halogens is 2. The largest absolute Gasteiger partial charge is 0.383 e. The molecule has 0 unspecified atom stereocenters. The maximum Gasteiger partial charge on any atom is 0.129 e. The van der Waals surface area contributed by atoms with Crippen LogP contribution >= 0.6 is 23.2 Å². The molecule has 2 aromatic rings. The van der Waals surface area contributed by atoms with Gasteiger partial charge in [-0.25, -0.2) is 0 Å². The number of rotatable bonds is 3. The van der Waals surface area contributed by atoms with Gasteiger partial charge in [0.2, 0.25) is 0 Å². The molecule has 1 aliphatic rings. The molecular weight excluding hydrogens is 281 g/mol. The van der Waals surface area contributed by atoms with Crippen LogP contribution in [0.5, 0.6) is 0 Å². The monoisotopic (exact) mass is 295 g/mol. The summed E-state index contributed by atoms with van der Waals surface area (Å²) in [6.07, 6.45) is 3.56. The van der Waals surface area contributed by atoms with E-state index in [1.54, 1.807) is 10.7 Å². The van der Waals surface area contributed by atoms with Gasteiger partial charge in [-0.05, 0) is 42.9 Å². The van der Waals surface area contributed by atoms with Crippen LogP contribution in [0.2, 0.25) is 10.0 Å². The van der Waals surface area contributed by atoms with Crippen LogP contribution in [0, 0.1) is 5.92 Å². The highest BCUT2D eigenvalue weighted by molar-refractivity contribution is 6.42. The van der Waals surface area contributed by atoms with Gasteiger partial charge >= 0.3 is 0 Å². The van der Waals surface area contributed by atoms with Crippen LogP contribution in [0.1, 0.15) is 18.5 Å². The smallest absolute Gasteiger partial charge is 0.129 e. The Labute approximate surface area is 122 Å². The molecule has 100 valence electrons. The zero-order valence-electron chi connectivity index (χ0n) is 10.7. The average molecular weight is 296 g/mol. The van der Waals surface area contributed by atoms with Gasteiger partial charge in [-0.3, -0.25) is 4.68 Å². The van der Waals surface area contributed by atoms with Gasteiger partial charge in [0.1, 0.15) is 5.82 Å². The molecule has 3 nitrogen and oxygen atoms in total. The molecule has 3 rings (SSSR count). The quantitative estimate of drug-likeness (QED) is 0.932. The van der Waals surface area contributed by atoms with Gasteiger partial charge in [0.15, 0.2) is 0 Å². The number of aromatic nitrogens is 2. The summed E-state index contributed by atoms with van der Waals surface area (Å²) >= 11 is 12.1. The normalized spacial score (nSPS) is 14.9. The Morgan fingerprint density at radius 2 is 2.05 bits per heavy atom. The predicted octanol–water partition coefficient (Wildman–Crippen LogP) is 3.93. The minimum atomic E-state index is 0.541. The van der Waals surface area contributed by atoms with Crippen molar-refractivity contribution in [3.8, 4) is 11.1 Å². The van der Waals surface area contributed by atoms with Crippen LogP contribution in [-0.2, 0) is 13.5 Å². The van der Waals surface area contributed by atoms with Crippen LogP contribution < -0.4 is 5.73 Å². The van der Waals surface area contributed by atoms with E-state index in [9.17, 15) is 0 Å². The van der Waals surface area contributed by atoms with Crippen LogP contribution in [0.4, 0.5) is 5.82 Å². The predicted molar refractivity (Wildman–Crippen MR) is 79.5 cm³/mol. The Morgan fingerprint density at radius 3 is 2.68 bits per heavy atom. The van der Waals surface area contributed by atoms with Gasteiger partial charge < -0.3 is 5.73 Å². The molecular formula is C14H15Cl2N3. The van der Waals surface area contributed by atoms with Crippen LogP contribution in [-0.4, -0.2) is 9.78 Å². The first-order valence-electron chi connectivity index (χ1n) is 6.33. The van der Waals surface area contributed by atoms with Crippen molar-refractivity contribution in [3.05, 3.63) is 33.9 Å². The van der Waals surface area contributed by atoms with E-state index in [0.29, 0.717) is 15.9 Å². The van der Waals surface area contributed by atoms with E-state index in [4.69, 9.17) is 28.9 Å². The zero-order valence-corrected chi connectivity index (χ0v) is 12.2. The Kier molecular flexibility index (Phi) is 3.19. The van der Waals surface area contributed by atoms with Gasteiger partial charge in [0.25, 0.3) is 0 Å². The van der Waals surface area contributed by atoms with Crippen LogP contribution in [0.15, 0.2) is 18.2 Å². The van der Waals surface area contributed by atoms with Crippen LogP contribution in [0.25, 0.3) is 11.1 Å². The van der Waals surface area contributed by atoms with E-state index in [-0.39, 0.29) is 0 Å². The summed E-state index contributed by atoms with van der Waals surface area (Å²) in [4.78, 5) is 0. The fourth-order valence-corrected chi connectivity index (χ4v) is 2.60. The van der Waals surface area contributed by atoms with E-state index >= 15 is 0 Å². The highest BCUT2D eigenvalue weighted by atomic mass is 35.5. The molecule has 1 aromatic heterocycles. The third kappa shape index (κ3) is 2.45. The maximum atomic E-state index is 6.14. The number of nitrogens with zero attached hydrogens (tertiary/aromatic N) is 2. The second kappa shape index (κ2) is 4.73. The van der Waals surface area contributed by atoms with Crippen LogP contribution in [0.3, 0.4) is 0 Å². The van der Waals surface area contributed by atoms with Gasteiger partial charge in [0, 0.05) is 12.6 Å². The standard InChI is InChI=1S/C14H15Cl2N3/c1-19-14(17)13(12(18-19)6-8-2-3-8)9-4-5-10(15)11(16)7-9/h4-5,7-8H,2-3,6,17H2,1H3. The molecule has 5 heteroatoms. The Balaban J connectivity index is 2.08. The molecule has 0 saturated heterocycles. The number of hydrogen-bond donors (Lipinski definition) is 1. The summed E-state index contributed by atoms with van der Waals surface area (Å²) in [5.74, 6) is 1.44. The van der Waals surface area contributed by atoms with E-state index in [0.717, 1.165) is 29.2 Å². The number of hydrogen-bond acceptors (Lipinski definition) is 2. The van der Waals surface area contributed by atoms with Crippen molar-refractivity contribution in [1.29, 1.82) is 0 Å². The van der Waals surface area contributed by atoms with E-state index < -0.39 is 0 Å². The minimum absolute atomic E-state index is 0.541. The first-order chi connectivity index (χ1) is 9.06. The number of nitrogen functional groups attached to an aromatic ring is 1. The molecule has 19 heavy (non-hydrogen) atoms. The summed E-state index contributed by atoms with van der Waals surface area (Å²) < 4.78 is 1.73. The lowest BCUT2D eigenvalue weighted by atomic mass is 10.0. The summed E-state index contributed by atoms with van der Waals surface area (Å²) in [6, 6.07) is 5.60. The molecule has 0 atom stereocenters. The second-order valence-corrected chi connectivity index (χ2v) is 5.92. The summed E-state index contributed by atoms with van der Waals surface area (Å²) in [6.45, 7) is 0. The van der Waals surface area contributed by atoms with Crippen molar-refractivity contribution in [2.24, 2.45) is 13.0 Å². The number of aryl methyl sites for hydroxylation is 1. The lowest BCUT2D eigenvalue weighted by Gasteiger charge is -2.05. The van der Waals surface area contributed by atoms with E-state index in [1.165, 1.54) is 12.8 Å². The molecule has 0 radical (unpaired) electrons. The molecule has 1 fully saturated rings. The summed E-state index contributed by atoms with van der Waals surface area (Å²) in [7, 11) is 1.87. The Hall–Kier alpha value is -1.19. The second-order valence-electron chi connectivity index (χ2n) is 5.11. The molecule has 1 saturated carbocycles. The lowest BCUT2D eigenvalue weighted by Crippen LogP contribution is -1.98. The zero-order chi connectivity index (χ0) is 13.6. The molecule has 1 aliphatic carbocycles. The van der Waals surface area contributed by atoms with Gasteiger partial charge in [-0.15, -0.1) is 0 Å². The fourth-order valence-electron chi connectivity index (χ4n) is 2.30. The van der Waals surface area contributed by atoms with Crippen molar-refractivity contribution in [3.63, 3.8) is 0 Å². The number of benzene rings is 1. The third-order valence-corrected chi connectivity index (χ3v) is 4.29. The summed E-state index contributed by atoms with van der Waals surface area (Å²) in [5.41, 5.74) is 9.18. The Bertz CT molecular complexity index is 630. The molecule has 0 spiro atoms. The summed E-state index contributed by atoms with van der Waals surface area (Å²) in [5, 5.41) is 5.63. The molecule has 1 aromatic carbocycles. The number of anilines is 1. The molecule has 2 N–H and O–H groups in total. The van der Waals surface area contributed by atoms with E-state index in [1.807, 2.05) is 19.2 Å². The van der Waals surface area contributed by atoms with Crippen molar-refractivity contribution in [2.75, 3.05) is 5.73 Å². The molecule has 1 heterocycles. The minimum Gasteiger partial charge on any atom is -0.383 e. The van der Waals surface area contributed by atoms with Crippen molar-refractivity contribution < 1.29 is 0 Å². The first-order valence-corrected chi connectivity index (χ1v) is 7.08. The van der Waals surface area contributed by atoms with Crippen molar-refractivity contribution in [2.45, 2.75) is 19.3 Å². The lowest BCUT2D eigenvalue weighted by molar-refractivity contribution is 0.722. The topological polar surface area (TPSA) is 43.8 Å². The highest BCUT2D eigenvalue weighted by Crippen LogP contribution is 2.38. The molecule has 0 amide bonds. The van der Waals surface area contributed by atoms with Gasteiger partial charge in [0.05, 0.1) is 15.7 Å². The van der Waals surface area contributed by atoms with Gasteiger partial charge in [-0.1, -0.05) is 29.3 Å². The van der Waals surface area contributed by atoms with Gasteiger partial charge in [-0.2, -0.15) is 5.10 Å². The fraction of sp³-hybridized carbons (Fsp3) is 0.357. The first kappa shape index (κ1) is 12.8. The van der Waals surface area contributed by atoms with Crippen molar-refractivity contribution in [1.82, 2.24) is 9.78 Å². The molecule has 0 bridgehead atoms. The SMILES string of the molecule is Cn1nc(CC2CC2)c(-c2ccc(Cl)c(Cl)c2)c1N. The average Bonchev–Trinajstić information content (AvgIpc) is 3.12. The molecule has 0 aliphatic heterocycles. The highest BCUT2D eigenvalue weighted by Gasteiger charge is 2.26. The van der Waals surface area contributed by atoms with E-state index in [2.05, 4.69) is 5.10 Å². The Morgan fingerprint density at radius 1 is 1.32 bits per heavy atom. The maximum absolute atomic E-state index is 6.14. The third-order valence-electron chi connectivity index (χ3n) is 3.55. The number of nitrogens with two attached hydrogens (primary N) is 1.